The molecule has 7 nitrogen and oxygen atoms in total. The molecule has 29 heavy (non-hydrogen) atoms. The van der Waals surface area contributed by atoms with Gasteiger partial charge in [-0.05, 0) is 52.9 Å². The van der Waals surface area contributed by atoms with E-state index in [1.54, 1.807) is 18.2 Å². The lowest BCUT2D eigenvalue weighted by atomic mass is 10.1. The molecule has 0 radical (unpaired) electrons. The molecule has 1 fully saturated rings. The zero-order valence-electron chi connectivity index (χ0n) is 15.7. The third-order valence-corrected chi connectivity index (χ3v) is 5.05. The van der Waals surface area contributed by atoms with Crippen molar-refractivity contribution >= 4 is 40.4 Å². The summed E-state index contributed by atoms with van der Waals surface area (Å²) in [7, 11) is 0. The molecule has 0 spiro atoms. The molecule has 2 amide bonds. The lowest BCUT2D eigenvalue weighted by molar-refractivity contribution is -0.148. The van der Waals surface area contributed by atoms with Crippen LogP contribution in [-0.4, -0.2) is 55.0 Å². The highest BCUT2D eigenvalue weighted by Gasteiger charge is 2.35. The second-order valence-electron chi connectivity index (χ2n) is 6.40. The first-order chi connectivity index (χ1) is 14.0. The maximum atomic E-state index is 12.9. The quantitative estimate of drug-likeness (QED) is 0.353. The summed E-state index contributed by atoms with van der Waals surface area (Å²) in [6.45, 7) is 0.959. The van der Waals surface area contributed by atoms with E-state index in [2.05, 4.69) is 27.9 Å². The van der Waals surface area contributed by atoms with Crippen LogP contribution in [0.4, 0.5) is 0 Å². The number of benzene rings is 2. The maximum Gasteiger partial charge on any atom is 0.308 e. The largest absolute Gasteiger partial charge is 0.490 e. The van der Waals surface area contributed by atoms with E-state index in [4.69, 9.17) is 9.47 Å². The van der Waals surface area contributed by atoms with Crippen LogP contribution < -0.4 is 10.1 Å². The highest BCUT2D eigenvalue weighted by Crippen LogP contribution is 2.16. The Morgan fingerprint density at radius 3 is 2.66 bits per heavy atom. The molecule has 0 aliphatic carbocycles. The Balaban J connectivity index is 1.55. The zero-order chi connectivity index (χ0) is 20.6. The van der Waals surface area contributed by atoms with Crippen LogP contribution in [0.3, 0.4) is 0 Å². The van der Waals surface area contributed by atoms with Gasteiger partial charge in [0.05, 0.1) is 6.42 Å². The molecule has 2 aromatic carbocycles. The van der Waals surface area contributed by atoms with Gasteiger partial charge in [-0.2, -0.15) is 0 Å². The number of nitrogens with one attached hydrogen (secondary N) is 1. The molecule has 8 heteroatoms. The van der Waals surface area contributed by atoms with Crippen molar-refractivity contribution < 1.29 is 23.9 Å². The fraction of sp³-hybridized carbons (Fsp3) is 0.286. The first-order valence-electron chi connectivity index (χ1n) is 9.22. The molecule has 1 aliphatic heterocycles. The Hall–Kier alpha value is -2.62. The Morgan fingerprint density at radius 1 is 1.10 bits per heavy atom. The van der Waals surface area contributed by atoms with Crippen LogP contribution >= 0.6 is 22.6 Å². The van der Waals surface area contributed by atoms with Gasteiger partial charge in [-0.15, -0.1) is 0 Å². The fourth-order valence-corrected chi connectivity index (χ4v) is 3.54. The van der Waals surface area contributed by atoms with Gasteiger partial charge in [-0.25, -0.2) is 0 Å². The maximum absolute atomic E-state index is 12.9. The molecule has 1 atom stereocenters. The van der Waals surface area contributed by atoms with E-state index in [-0.39, 0.29) is 31.4 Å². The van der Waals surface area contributed by atoms with E-state index in [1.807, 2.05) is 36.4 Å². The topological polar surface area (TPSA) is 84.9 Å². The first kappa shape index (κ1) is 21.1. The van der Waals surface area contributed by atoms with Crippen LogP contribution in [0, 0.1) is 3.57 Å². The smallest absolute Gasteiger partial charge is 0.308 e. The van der Waals surface area contributed by atoms with Crippen molar-refractivity contribution in [2.45, 2.75) is 12.5 Å². The summed E-state index contributed by atoms with van der Waals surface area (Å²) in [5.74, 6) is -0.495. The first-order valence-corrected chi connectivity index (χ1v) is 10.3. The average molecular weight is 508 g/mol. The van der Waals surface area contributed by atoms with Crippen molar-refractivity contribution in [1.82, 2.24) is 10.2 Å². The van der Waals surface area contributed by atoms with Crippen LogP contribution in [0.2, 0.25) is 0 Å². The molecular weight excluding hydrogens is 487 g/mol. The summed E-state index contributed by atoms with van der Waals surface area (Å²) in [6, 6.07) is 15.4. The van der Waals surface area contributed by atoms with Gasteiger partial charge in [-0.3, -0.25) is 14.4 Å². The number of carbonyl (C=O) groups excluding carboxylic acids is 3. The molecule has 1 unspecified atom stereocenters. The van der Waals surface area contributed by atoms with Crippen molar-refractivity contribution in [3.63, 3.8) is 0 Å². The van der Waals surface area contributed by atoms with E-state index in [0.29, 0.717) is 24.4 Å². The van der Waals surface area contributed by atoms with E-state index >= 15 is 0 Å². The molecule has 3 rings (SSSR count). The molecule has 0 bridgehead atoms. The van der Waals surface area contributed by atoms with Crippen molar-refractivity contribution in [2.24, 2.45) is 0 Å². The van der Waals surface area contributed by atoms with E-state index in [0.717, 1.165) is 3.57 Å². The second kappa shape index (κ2) is 10.2. The highest BCUT2D eigenvalue weighted by atomic mass is 127. The number of piperazine rings is 1. The zero-order valence-corrected chi connectivity index (χ0v) is 17.8. The Morgan fingerprint density at radius 2 is 1.90 bits per heavy atom. The predicted molar refractivity (Wildman–Crippen MR) is 115 cm³/mol. The van der Waals surface area contributed by atoms with E-state index in [9.17, 15) is 14.4 Å². The normalized spacial score (nSPS) is 16.1. The van der Waals surface area contributed by atoms with Gasteiger partial charge in [-0.1, -0.05) is 24.3 Å². The van der Waals surface area contributed by atoms with E-state index in [1.165, 1.54) is 4.90 Å². The number of hydrogen-bond donors (Lipinski definition) is 1. The minimum Gasteiger partial charge on any atom is -0.490 e. The highest BCUT2D eigenvalue weighted by molar-refractivity contribution is 14.1. The number of esters is 1. The molecular formula is C21H21IN2O5. The Labute approximate surface area is 182 Å². The van der Waals surface area contributed by atoms with Crippen molar-refractivity contribution in [3.8, 4) is 5.75 Å². The number of amides is 2. The van der Waals surface area contributed by atoms with Gasteiger partial charge < -0.3 is 19.7 Å². The molecule has 1 aliphatic rings. The number of nitrogens with zero attached hydrogens (tertiary/aromatic N) is 1. The summed E-state index contributed by atoms with van der Waals surface area (Å²) in [6.07, 6.45) is -0.202. The minimum atomic E-state index is -0.892. The van der Waals surface area contributed by atoms with Gasteiger partial charge in [0.2, 0.25) is 5.91 Å². The summed E-state index contributed by atoms with van der Waals surface area (Å²) in [4.78, 5) is 38.9. The number of halogens is 1. The van der Waals surface area contributed by atoms with Crippen molar-refractivity contribution in [1.29, 1.82) is 0 Å². The van der Waals surface area contributed by atoms with Crippen LogP contribution in [0.1, 0.15) is 16.8 Å². The van der Waals surface area contributed by atoms with Gasteiger partial charge >= 0.3 is 5.97 Å². The molecule has 1 heterocycles. The lowest BCUT2D eigenvalue weighted by Gasteiger charge is -2.34. The number of carbonyl (C=O) groups is 3. The standard InChI is InChI=1S/C21H21IN2O5/c22-16-6-4-5-15(13-16)21(27)24-10-9-23-20(26)18(24)14-19(25)29-12-11-28-17-7-2-1-3-8-17/h1-8,13,18H,9-12,14H2,(H,23,26). The third-order valence-electron chi connectivity index (χ3n) is 4.38. The number of para-hydroxylation sites is 1. The van der Waals surface area contributed by atoms with Crippen molar-refractivity contribution in [3.05, 3.63) is 63.7 Å². The van der Waals surface area contributed by atoms with Crippen LogP contribution in [0.5, 0.6) is 5.75 Å². The molecule has 1 saturated heterocycles. The fourth-order valence-electron chi connectivity index (χ4n) is 3.00. The SMILES string of the molecule is O=C(CC1C(=O)NCCN1C(=O)c1cccc(I)c1)OCCOc1ccccc1. The molecule has 2 aromatic rings. The number of ether oxygens (including phenoxy) is 2. The third kappa shape index (κ3) is 5.93. The average Bonchev–Trinajstić information content (AvgIpc) is 2.73. The predicted octanol–water partition coefficient (Wildman–Crippen LogP) is 2.24. The number of rotatable bonds is 7. The van der Waals surface area contributed by atoms with E-state index < -0.39 is 12.0 Å². The monoisotopic (exact) mass is 508 g/mol. The lowest BCUT2D eigenvalue weighted by Crippen LogP contribution is -2.57. The molecule has 0 saturated carbocycles. The van der Waals surface area contributed by atoms with Crippen LogP contribution in [0.25, 0.3) is 0 Å². The summed E-state index contributed by atoms with van der Waals surface area (Å²) < 4.78 is 11.6. The summed E-state index contributed by atoms with van der Waals surface area (Å²) in [5.41, 5.74) is 0.487. The minimum absolute atomic E-state index is 0.0624. The molecule has 152 valence electrons. The molecule has 1 N–H and O–H groups in total. The van der Waals surface area contributed by atoms with Crippen molar-refractivity contribution in [2.75, 3.05) is 26.3 Å². The second-order valence-corrected chi connectivity index (χ2v) is 7.65. The van der Waals surface area contributed by atoms with Crippen LogP contribution in [0.15, 0.2) is 54.6 Å². The van der Waals surface area contributed by atoms with Gasteiger partial charge in [0.15, 0.2) is 0 Å². The van der Waals surface area contributed by atoms with Gasteiger partial charge in [0.25, 0.3) is 5.91 Å². The van der Waals surface area contributed by atoms with Gasteiger partial charge in [0, 0.05) is 22.2 Å². The Bertz CT molecular complexity index is 874. The summed E-state index contributed by atoms with van der Waals surface area (Å²) in [5, 5.41) is 2.71. The Kier molecular flexibility index (Phi) is 7.45. The molecule has 0 aromatic heterocycles. The number of hydrogen-bond acceptors (Lipinski definition) is 5. The van der Waals surface area contributed by atoms with Gasteiger partial charge in [0.1, 0.15) is 25.0 Å². The van der Waals surface area contributed by atoms with Crippen LogP contribution in [-0.2, 0) is 14.3 Å². The summed E-state index contributed by atoms with van der Waals surface area (Å²) >= 11 is 2.13.